The minimum atomic E-state index is -0.240. The van der Waals surface area contributed by atoms with Crippen molar-refractivity contribution in [2.45, 2.75) is 32.1 Å². The van der Waals surface area contributed by atoms with Gasteiger partial charge in [0.05, 0.1) is 0 Å². The van der Waals surface area contributed by atoms with Gasteiger partial charge in [0, 0.05) is 31.9 Å². The fraction of sp³-hybridized carbons (Fsp3) is 0.444. The molecular weight excluding hydrogens is 290 g/mol. The smallest absolute Gasteiger partial charge is 0.319 e. The minimum absolute atomic E-state index is 0.0849. The molecule has 0 unspecified atom stereocenters. The molecule has 1 aliphatic carbocycles. The number of carbonyl (C=O) groups excluding carboxylic acids is 2. The highest BCUT2D eigenvalue weighted by Gasteiger charge is 2.09. The van der Waals surface area contributed by atoms with Gasteiger partial charge in [-0.2, -0.15) is 0 Å². The second-order valence-electron chi connectivity index (χ2n) is 6.02. The van der Waals surface area contributed by atoms with E-state index in [0.717, 1.165) is 19.3 Å². The molecular formula is C18H25N3O2. The van der Waals surface area contributed by atoms with Crippen LogP contribution in [0.5, 0.6) is 0 Å². The third kappa shape index (κ3) is 5.43. The van der Waals surface area contributed by atoms with Crippen molar-refractivity contribution in [1.82, 2.24) is 10.2 Å². The fourth-order valence-corrected chi connectivity index (χ4v) is 2.63. The molecule has 5 heteroatoms. The van der Waals surface area contributed by atoms with Crippen molar-refractivity contribution in [1.29, 1.82) is 0 Å². The second-order valence-corrected chi connectivity index (χ2v) is 6.02. The zero-order valence-electron chi connectivity index (χ0n) is 13.9. The Hall–Kier alpha value is -2.30. The second kappa shape index (κ2) is 8.36. The van der Waals surface area contributed by atoms with Gasteiger partial charge in [0.2, 0.25) is 0 Å². The van der Waals surface area contributed by atoms with Crippen LogP contribution in [0.4, 0.5) is 10.5 Å². The predicted molar refractivity (Wildman–Crippen MR) is 92.6 cm³/mol. The molecule has 2 N–H and O–H groups in total. The molecule has 5 nitrogen and oxygen atoms in total. The summed E-state index contributed by atoms with van der Waals surface area (Å²) < 4.78 is 0. The van der Waals surface area contributed by atoms with Crippen molar-refractivity contribution in [3.05, 3.63) is 41.5 Å². The number of allylic oxidation sites excluding steroid dienone is 1. The molecule has 3 amide bonds. The maximum atomic E-state index is 11.9. The van der Waals surface area contributed by atoms with Gasteiger partial charge in [-0.05, 0) is 50.3 Å². The van der Waals surface area contributed by atoms with E-state index in [2.05, 4.69) is 16.7 Å². The summed E-state index contributed by atoms with van der Waals surface area (Å²) in [5.74, 6) is -0.0849. The Labute approximate surface area is 137 Å². The van der Waals surface area contributed by atoms with Crippen LogP contribution in [0, 0.1) is 0 Å². The molecule has 0 bridgehead atoms. The topological polar surface area (TPSA) is 61.4 Å². The lowest BCUT2D eigenvalue weighted by Gasteiger charge is -2.14. The number of amides is 3. The lowest BCUT2D eigenvalue weighted by atomic mass is 9.97. The average Bonchev–Trinajstić information content (AvgIpc) is 2.55. The van der Waals surface area contributed by atoms with Gasteiger partial charge in [0.25, 0.3) is 5.91 Å². The van der Waals surface area contributed by atoms with Crippen LogP contribution in [0.1, 0.15) is 42.5 Å². The van der Waals surface area contributed by atoms with E-state index in [9.17, 15) is 9.59 Å². The number of benzene rings is 1. The average molecular weight is 315 g/mol. The zero-order valence-corrected chi connectivity index (χ0v) is 13.9. The molecule has 0 heterocycles. The Morgan fingerprint density at radius 1 is 1.22 bits per heavy atom. The van der Waals surface area contributed by atoms with Crippen LogP contribution in [0.2, 0.25) is 0 Å². The standard InChI is InChI=1S/C18H25N3O2/c1-21(2)17(22)15-9-6-10-16(13-15)20-18(23)19-12-11-14-7-4-3-5-8-14/h6-7,9-10,13H,3-5,8,11-12H2,1-2H3,(H2,19,20,23). The summed E-state index contributed by atoms with van der Waals surface area (Å²) in [6, 6.07) is 6.72. The quantitative estimate of drug-likeness (QED) is 0.818. The molecule has 23 heavy (non-hydrogen) atoms. The SMILES string of the molecule is CN(C)C(=O)c1cccc(NC(=O)NCCC2=CCCCC2)c1. The summed E-state index contributed by atoms with van der Waals surface area (Å²) in [5.41, 5.74) is 2.61. The molecule has 0 radical (unpaired) electrons. The van der Waals surface area contributed by atoms with Crippen molar-refractivity contribution in [2.75, 3.05) is 26.0 Å². The first kappa shape index (κ1) is 17.1. The summed E-state index contributed by atoms with van der Waals surface area (Å²) in [4.78, 5) is 25.4. The highest BCUT2D eigenvalue weighted by atomic mass is 16.2. The monoisotopic (exact) mass is 315 g/mol. The van der Waals surface area contributed by atoms with Crippen LogP contribution in [0.25, 0.3) is 0 Å². The van der Waals surface area contributed by atoms with Crippen molar-refractivity contribution in [3.63, 3.8) is 0 Å². The van der Waals surface area contributed by atoms with Crippen LogP contribution >= 0.6 is 0 Å². The van der Waals surface area contributed by atoms with Crippen LogP contribution in [-0.2, 0) is 0 Å². The molecule has 0 atom stereocenters. The van der Waals surface area contributed by atoms with Crippen LogP contribution in [0.3, 0.4) is 0 Å². The number of hydrogen-bond acceptors (Lipinski definition) is 2. The highest BCUT2D eigenvalue weighted by molar-refractivity contribution is 5.96. The molecule has 2 rings (SSSR count). The molecule has 1 aromatic rings. The molecule has 0 aliphatic heterocycles. The maximum absolute atomic E-state index is 11.9. The molecule has 1 aliphatic rings. The molecule has 1 aromatic carbocycles. The number of hydrogen-bond donors (Lipinski definition) is 2. The molecule has 0 spiro atoms. The van der Waals surface area contributed by atoms with E-state index >= 15 is 0 Å². The van der Waals surface area contributed by atoms with E-state index in [0.29, 0.717) is 17.8 Å². The van der Waals surface area contributed by atoms with Gasteiger partial charge in [0.1, 0.15) is 0 Å². The van der Waals surface area contributed by atoms with E-state index in [1.54, 1.807) is 38.4 Å². The Balaban J connectivity index is 1.81. The summed E-state index contributed by atoms with van der Waals surface area (Å²) in [5, 5.41) is 5.64. The number of rotatable bonds is 5. The first-order valence-electron chi connectivity index (χ1n) is 8.11. The molecule has 124 valence electrons. The molecule has 0 saturated heterocycles. The minimum Gasteiger partial charge on any atom is -0.345 e. The van der Waals surface area contributed by atoms with Gasteiger partial charge in [-0.3, -0.25) is 4.79 Å². The van der Waals surface area contributed by atoms with Gasteiger partial charge in [-0.15, -0.1) is 0 Å². The maximum Gasteiger partial charge on any atom is 0.319 e. The summed E-state index contributed by atoms with van der Waals surface area (Å²) in [6.07, 6.45) is 8.04. The van der Waals surface area contributed by atoms with Crippen molar-refractivity contribution in [2.24, 2.45) is 0 Å². The largest absolute Gasteiger partial charge is 0.345 e. The van der Waals surface area contributed by atoms with E-state index in [1.165, 1.54) is 23.3 Å². The van der Waals surface area contributed by atoms with Gasteiger partial charge in [-0.1, -0.05) is 17.7 Å². The lowest BCUT2D eigenvalue weighted by Crippen LogP contribution is -2.30. The number of anilines is 1. The number of urea groups is 1. The number of carbonyl (C=O) groups is 2. The lowest BCUT2D eigenvalue weighted by molar-refractivity contribution is 0.0827. The van der Waals surface area contributed by atoms with E-state index in [4.69, 9.17) is 0 Å². The fourth-order valence-electron chi connectivity index (χ4n) is 2.63. The predicted octanol–water partition coefficient (Wildman–Crippen LogP) is 3.40. The van der Waals surface area contributed by atoms with Crippen LogP contribution in [-0.4, -0.2) is 37.5 Å². The number of nitrogens with zero attached hydrogens (tertiary/aromatic N) is 1. The Bertz CT molecular complexity index is 594. The van der Waals surface area contributed by atoms with Crippen molar-refractivity contribution < 1.29 is 9.59 Å². The number of nitrogens with one attached hydrogen (secondary N) is 2. The highest BCUT2D eigenvalue weighted by Crippen LogP contribution is 2.19. The van der Waals surface area contributed by atoms with Gasteiger partial charge in [-0.25, -0.2) is 4.79 Å². The molecule has 0 aromatic heterocycles. The Kier molecular flexibility index (Phi) is 6.20. The summed E-state index contributed by atoms with van der Waals surface area (Å²) in [6.45, 7) is 0.633. The Morgan fingerprint density at radius 2 is 2.04 bits per heavy atom. The van der Waals surface area contributed by atoms with Gasteiger partial charge < -0.3 is 15.5 Å². The van der Waals surface area contributed by atoms with E-state index in [1.807, 2.05) is 0 Å². The van der Waals surface area contributed by atoms with Gasteiger partial charge in [0.15, 0.2) is 0 Å². The first-order valence-corrected chi connectivity index (χ1v) is 8.11. The van der Waals surface area contributed by atoms with Gasteiger partial charge >= 0.3 is 6.03 Å². The van der Waals surface area contributed by atoms with E-state index in [-0.39, 0.29) is 11.9 Å². The van der Waals surface area contributed by atoms with Crippen LogP contribution < -0.4 is 10.6 Å². The molecule has 0 saturated carbocycles. The first-order chi connectivity index (χ1) is 11.1. The third-order valence-electron chi connectivity index (χ3n) is 3.89. The summed E-state index contributed by atoms with van der Waals surface area (Å²) in [7, 11) is 3.41. The van der Waals surface area contributed by atoms with Crippen molar-refractivity contribution in [3.8, 4) is 0 Å². The zero-order chi connectivity index (χ0) is 16.7. The Morgan fingerprint density at radius 3 is 2.74 bits per heavy atom. The van der Waals surface area contributed by atoms with Crippen LogP contribution in [0.15, 0.2) is 35.9 Å². The van der Waals surface area contributed by atoms with E-state index < -0.39 is 0 Å². The normalized spacial score (nSPS) is 13.9. The molecule has 0 fully saturated rings. The van der Waals surface area contributed by atoms with Crippen molar-refractivity contribution >= 4 is 17.6 Å². The third-order valence-corrected chi connectivity index (χ3v) is 3.89. The summed E-state index contributed by atoms with van der Waals surface area (Å²) >= 11 is 0.